The predicted molar refractivity (Wildman–Crippen MR) is 112 cm³/mol. The van der Waals surface area contributed by atoms with Crippen molar-refractivity contribution >= 4 is 16.9 Å². The lowest BCUT2D eigenvalue weighted by Crippen LogP contribution is -2.62. The van der Waals surface area contributed by atoms with Gasteiger partial charge in [0, 0.05) is 31.2 Å². The fourth-order valence-electron chi connectivity index (χ4n) is 3.82. The van der Waals surface area contributed by atoms with Crippen molar-refractivity contribution in [2.24, 2.45) is 5.92 Å². The number of halogens is 3. The molecule has 0 aliphatic carbocycles. The van der Waals surface area contributed by atoms with Gasteiger partial charge in [0.15, 0.2) is 5.65 Å². The monoisotopic (exact) mass is 434 g/mol. The Hall–Kier alpha value is -2.72. The van der Waals surface area contributed by atoms with Crippen LogP contribution in [-0.4, -0.2) is 56.5 Å². The van der Waals surface area contributed by atoms with E-state index in [0.717, 1.165) is 6.07 Å². The number of anilines is 1. The van der Waals surface area contributed by atoms with Gasteiger partial charge in [0.05, 0.1) is 17.2 Å². The van der Waals surface area contributed by atoms with Crippen molar-refractivity contribution in [3.8, 4) is 11.4 Å². The maximum atomic E-state index is 13.8. The van der Waals surface area contributed by atoms with E-state index in [1.807, 2.05) is 18.7 Å². The summed E-state index contributed by atoms with van der Waals surface area (Å²) < 4.78 is 41.3. The molecule has 0 aromatic carbocycles. The highest BCUT2D eigenvalue weighted by Crippen LogP contribution is 2.38. The second kappa shape index (κ2) is 7.76. The Kier molecular flexibility index (Phi) is 5.38. The molecule has 2 unspecified atom stereocenters. The summed E-state index contributed by atoms with van der Waals surface area (Å²) in [6.07, 6.45) is -3.04. The summed E-state index contributed by atoms with van der Waals surface area (Å²) >= 11 is 0. The van der Waals surface area contributed by atoms with Crippen molar-refractivity contribution in [2.45, 2.75) is 38.6 Å². The molecule has 0 saturated carbocycles. The molecule has 0 radical (unpaired) electrons. The second-order valence-corrected chi connectivity index (χ2v) is 8.37. The first-order valence-corrected chi connectivity index (χ1v) is 10.2. The van der Waals surface area contributed by atoms with Crippen molar-refractivity contribution in [1.29, 1.82) is 0 Å². The molecule has 4 rings (SSSR count). The molecule has 1 aliphatic rings. The van der Waals surface area contributed by atoms with Gasteiger partial charge < -0.3 is 15.3 Å². The predicted octanol–water partition coefficient (Wildman–Crippen LogP) is 3.22. The molecule has 7 nitrogen and oxygen atoms in total. The van der Waals surface area contributed by atoms with Crippen LogP contribution in [-0.2, 0) is 6.18 Å². The van der Waals surface area contributed by atoms with Gasteiger partial charge in [0.2, 0.25) is 0 Å². The van der Waals surface area contributed by atoms with Crippen LogP contribution in [0.3, 0.4) is 0 Å². The van der Waals surface area contributed by atoms with Crippen LogP contribution >= 0.6 is 0 Å². The Balaban J connectivity index is 1.76. The number of pyridine rings is 2. The summed E-state index contributed by atoms with van der Waals surface area (Å²) in [4.78, 5) is 10.4. The van der Waals surface area contributed by atoms with Gasteiger partial charge in [-0.1, -0.05) is 13.8 Å². The van der Waals surface area contributed by atoms with Crippen molar-refractivity contribution in [1.82, 2.24) is 25.5 Å². The van der Waals surface area contributed by atoms with Crippen molar-refractivity contribution < 1.29 is 18.3 Å². The van der Waals surface area contributed by atoms with Crippen LogP contribution in [0.25, 0.3) is 22.4 Å². The molecule has 0 bridgehead atoms. The van der Waals surface area contributed by atoms with Crippen LogP contribution in [0.4, 0.5) is 19.0 Å². The number of aromatic nitrogens is 4. The van der Waals surface area contributed by atoms with E-state index in [9.17, 15) is 18.3 Å². The second-order valence-electron chi connectivity index (χ2n) is 8.37. The van der Waals surface area contributed by atoms with Crippen LogP contribution in [0, 0.1) is 5.92 Å². The fourth-order valence-corrected chi connectivity index (χ4v) is 3.82. The van der Waals surface area contributed by atoms with Crippen LogP contribution in [0.5, 0.6) is 0 Å². The van der Waals surface area contributed by atoms with Crippen molar-refractivity contribution in [3.05, 3.63) is 36.0 Å². The number of aliphatic hydroxyl groups is 1. The van der Waals surface area contributed by atoms with Crippen molar-refractivity contribution in [3.63, 3.8) is 0 Å². The van der Waals surface area contributed by atoms with E-state index in [-0.39, 0.29) is 23.3 Å². The molecule has 166 valence electrons. The van der Waals surface area contributed by atoms with E-state index in [1.165, 1.54) is 6.07 Å². The molecule has 31 heavy (non-hydrogen) atoms. The maximum absolute atomic E-state index is 13.8. The average molecular weight is 434 g/mol. The minimum atomic E-state index is -4.58. The Morgan fingerprint density at radius 2 is 1.97 bits per heavy atom. The third-order valence-electron chi connectivity index (χ3n) is 6.12. The summed E-state index contributed by atoms with van der Waals surface area (Å²) in [5, 5.41) is 21.4. The van der Waals surface area contributed by atoms with Gasteiger partial charge >= 0.3 is 6.18 Å². The Bertz CT molecular complexity index is 1080. The summed E-state index contributed by atoms with van der Waals surface area (Å²) in [7, 11) is 0. The number of piperazine rings is 1. The number of hydrogen-bond acceptors (Lipinski definition) is 6. The zero-order valence-electron chi connectivity index (χ0n) is 17.5. The molecule has 3 aromatic rings. The lowest BCUT2D eigenvalue weighted by atomic mass is 9.84. The number of rotatable bonds is 4. The first kappa shape index (κ1) is 21.5. The number of aromatic amines is 1. The summed E-state index contributed by atoms with van der Waals surface area (Å²) in [5.74, 6) is 0.415. The average Bonchev–Trinajstić information content (AvgIpc) is 3.17. The minimum absolute atomic E-state index is 0.00370. The van der Waals surface area contributed by atoms with Gasteiger partial charge in [0.25, 0.3) is 0 Å². The quantitative estimate of drug-likeness (QED) is 0.584. The Morgan fingerprint density at radius 3 is 2.68 bits per heavy atom. The molecule has 1 fully saturated rings. The normalized spacial score (nSPS) is 19.7. The molecule has 2 atom stereocenters. The number of nitrogens with one attached hydrogen (secondary N) is 2. The third kappa shape index (κ3) is 3.97. The molecule has 0 spiro atoms. The van der Waals surface area contributed by atoms with E-state index in [2.05, 4.69) is 25.5 Å². The standard InChI is InChI=1S/C21H25F3N6O/c1-12(2)20(3,31)15-11-30(10-9-25-15)16-7-6-14(21(22,23)24)18(27-16)17-13-5-4-8-26-19(13)29-28-17/h4-8,12,15,25,31H,9-11H2,1-3H3,(H,26,28,29). The molecule has 1 aliphatic heterocycles. The lowest BCUT2D eigenvalue weighted by Gasteiger charge is -2.43. The van der Waals surface area contributed by atoms with Crippen LogP contribution in [0.15, 0.2) is 30.5 Å². The molecule has 4 heterocycles. The smallest absolute Gasteiger partial charge is 0.388 e. The summed E-state index contributed by atoms with van der Waals surface area (Å²) in [6.45, 7) is 7.21. The van der Waals surface area contributed by atoms with Gasteiger partial charge in [-0.2, -0.15) is 18.3 Å². The van der Waals surface area contributed by atoms with E-state index in [0.29, 0.717) is 36.5 Å². The molecular weight excluding hydrogens is 409 g/mol. The molecule has 10 heteroatoms. The minimum Gasteiger partial charge on any atom is -0.388 e. The van der Waals surface area contributed by atoms with Gasteiger partial charge in [-0.15, -0.1) is 0 Å². The van der Waals surface area contributed by atoms with Gasteiger partial charge in [-0.25, -0.2) is 9.97 Å². The van der Waals surface area contributed by atoms with Gasteiger partial charge in [-0.05, 0) is 37.1 Å². The fraction of sp³-hybridized carbons (Fsp3) is 0.476. The first-order valence-electron chi connectivity index (χ1n) is 10.2. The van der Waals surface area contributed by atoms with E-state index < -0.39 is 17.3 Å². The molecule has 3 aromatic heterocycles. The molecule has 3 N–H and O–H groups in total. The summed E-state index contributed by atoms with van der Waals surface area (Å²) in [5.41, 5.74) is -1.56. The molecule has 0 amide bonds. The van der Waals surface area contributed by atoms with Crippen molar-refractivity contribution in [2.75, 3.05) is 24.5 Å². The molecular formula is C21H25F3N6O. The SMILES string of the molecule is CC(C)C(C)(O)C1CN(c2ccc(C(F)(F)F)c(-c3n[nH]c4ncccc34)n2)CCN1. The molecule has 1 saturated heterocycles. The Labute approximate surface area is 177 Å². The first-order chi connectivity index (χ1) is 14.6. The van der Waals surface area contributed by atoms with Crippen LogP contribution in [0.1, 0.15) is 26.3 Å². The number of fused-ring (bicyclic) bond motifs is 1. The van der Waals surface area contributed by atoms with E-state index in [1.54, 1.807) is 25.3 Å². The maximum Gasteiger partial charge on any atom is 0.418 e. The number of nitrogens with zero attached hydrogens (tertiary/aromatic N) is 4. The number of alkyl halides is 3. The summed E-state index contributed by atoms with van der Waals surface area (Å²) in [6, 6.07) is 5.49. The third-order valence-corrected chi connectivity index (χ3v) is 6.12. The van der Waals surface area contributed by atoms with E-state index in [4.69, 9.17) is 0 Å². The van der Waals surface area contributed by atoms with Crippen LogP contribution < -0.4 is 10.2 Å². The van der Waals surface area contributed by atoms with E-state index >= 15 is 0 Å². The van der Waals surface area contributed by atoms with Gasteiger partial charge in [-0.3, -0.25) is 5.10 Å². The van der Waals surface area contributed by atoms with Gasteiger partial charge in [0.1, 0.15) is 17.2 Å². The number of hydrogen-bond donors (Lipinski definition) is 3. The highest BCUT2D eigenvalue weighted by Gasteiger charge is 2.39. The van der Waals surface area contributed by atoms with Crippen LogP contribution in [0.2, 0.25) is 0 Å². The Morgan fingerprint density at radius 1 is 1.19 bits per heavy atom. The number of H-pyrrole nitrogens is 1. The largest absolute Gasteiger partial charge is 0.418 e. The lowest BCUT2D eigenvalue weighted by molar-refractivity contribution is -0.137. The highest BCUT2D eigenvalue weighted by molar-refractivity contribution is 5.90. The topological polar surface area (TPSA) is 90.0 Å². The zero-order valence-corrected chi connectivity index (χ0v) is 17.5. The zero-order chi connectivity index (χ0) is 22.4. The highest BCUT2D eigenvalue weighted by atomic mass is 19.4.